The molecule has 5 rings (SSSR count). The van der Waals surface area contributed by atoms with Crippen molar-refractivity contribution in [2.24, 2.45) is 0 Å². The summed E-state index contributed by atoms with van der Waals surface area (Å²) in [6.45, 7) is 5.10. The Kier molecular flexibility index (Phi) is 6.82. The summed E-state index contributed by atoms with van der Waals surface area (Å²) in [7, 11) is 0. The number of amides is 2. The minimum Gasteiger partial charge on any atom is -0.383 e. The summed E-state index contributed by atoms with van der Waals surface area (Å²) in [5, 5.41) is 17.7. The number of likely N-dealkylation sites (tertiary alicyclic amines) is 1. The number of nitrogens with one attached hydrogen (secondary N) is 1. The predicted octanol–water partition coefficient (Wildman–Crippen LogP) is 3.23. The van der Waals surface area contributed by atoms with Gasteiger partial charge in [0.2, 0.25) is 5.91 Å². The number of nitrogens with zero attached hydrogens (tertiary/aromatic N) is 6. The van der Waals surface area contributed by atoms with Gasteiger partial charge in [0.25, 0.3) is 5.91 Å². The van der Waals surface area contributed by atoms with Crippen molar-refractivity contribution in [3.05, 3.63) is 84.2 Å². The topological polar surface area (TPSA) is 143 Å². The summed E-state index contributed by atoms with van der Waals surface area (Å²) in [5.41, 5.74) is 9.94. The Bertz CT molecular complexity index is 1570. The number of carbonyl (C=O) groups excluding carboxylic acids is 2. The molecular formula is C28H26N8O2. The van der Waals surface area contributed by atoms with Gasteiger partial charge >= 0.3 is 0 Å². The fourth-order valence-electron chi connectivity index (χ4n) is 4.77. The number of carbonyl (C=O) groups is 2. The molecule has 0 saturated carbocycles. The summed E-state index contributed by atoms with van der Waals surface area (Å²) in [5.74, 6) is -0.0738. The van der Waals surface area contributed by atoms with Crippen LogP contribution in [0.1, 0.15) is 40.4 Å². The molecule has 0 spiro atoms. The van der Waals surface area contributed by atoms with Gasteiger partial charge in [-0.2, -0.15) is 10.4 Å². The number of piperidine rings is 1. The minimum atomic E-state index is -0.308. The molecular weight excluding hydrogens is 480 g/mol. The Morgan fingerprint density at radius 3 is 2.74 bits per heavy atom. The zero-order valence-electron chi connectivity index (χ0n) is 20.7. The maximum Gasteiger partial charge on any atom is 0.252 e. The molecule has 1 unspecified atom stereocenters. The van der Waals surface area contributed by atoms with Crippen molar-refractivity contribution in [1.29, 1.82) is 5.26 Å². The van der Waals surface area contributed by atoms with Crippen LogP contribution in [0.5, 0.6) is 0 Å². The van der Waals surface area contributed by atoms with Gasteiger partial charge in [0.1, 0.15) is 17.8 Å². The zero-order valence-corrected chi connectivity index (χ0v) is 20.7. The minimum absolute atomic E-state index is 0.0519. The molecule has 0 bridgehead atoms. The summed E-state index contributed by atoms with van der Waals surface area (Å²) < 4.78 is 1.85. The number of fused-ring (bicyclic) bond motifs is 1. The number of nitrogen functional groups attached to an aromatic ring is 1. The van der Waals surface area contributed by atoms with Gasteiger partial charge in [-0.3, -0.25) is 9.59 Å². The first-order chi connectivity index (χ1) is 18.5. The van der Waals surface area contributed by atoms with Crippen LogP contribution in [0.15, 0.2) is 67.5 Å². The van der Waals surface area contributed by atoms with Crippen LogP contribution >= 0.6 is 0 Å². The van der Waals surface area contributed by atoms with Crippen molar-refractivity contribution >= 4 is 28.7 Å². The van der Waals surface area contributed by atoms with Crippen molar-refractivity contribution in [2.75, 3.05) is 18.8 Å². The van der Waals surface area contributed by atoms with Crippen LogP contribution in [0.25, 0.3) is 22.3 Å². The Morgan fingerprint density at radius 1 is 1.18 bits per heavy atom. The van der Waals surface area contributed by atoms with E-state index in [1.807, 2.05) is 35.0 Å². The number of hydrogen-bond acceptors (Lipinski definition) is 7. The lowest BCUT2D eigenvalue weighted by molar-refractivity contribution is -0.127. The molecule has 1 fully saturated rings. The van der Waals surface area contributed by atoms with Gasteiger partial charge in [0.05, 0.1) is 28.6 Å². The van der Waals surface area contributed by atoms with E-state index in [9.17, 15) is 14.9 Å². The third-order valence-corrected chi connectivity index (χ3v) is 6.72. The van der Waals surface area contributed by atoms with Gasteiger partial charge in [-0.25, -0.2) is 14.6 Å². The van der Waals surface area contributed by atoms with Gasteiger partial charge < -0.3 is 16.0 Å². The second-order valence-electron chi connectivity index (χ2n) is 9.07. The lowest BCUT2D eigenvalue weighted by atomic mass is 10.1. The van der Waals surface area contributed by atoms with E-state index < -0.39 is 0 Å². The quantitative estimate of drug-likeness (QED) is 0.382. The third kappa shape index (κ3) is 4.69. The number of anilines is 1. The van der Waals surface area contributed by atoms with Crippen LogP contribution in [-0.4, -0.2) is 49.6 Å². The number of nitriles is 1. The zero-order chi connectivity index (χ0) is 26.6. The monoisotopic (exact) mass is 506 g/mol. The van der Waals surface area contributed by atoms with Crippen molar-refractivity contribution in [3.63, 3.8) is 0 Å². The first kappa shape index (κ1) is 24.6. The van der Waals surface area contributed by atoms with Crippen molar-refractivity contribution < 1.29 is 9.59 Å². The van der Waals surface area contributed by atoms with Gasteiger partial charge in [0.15, 0.2) is 5.65 Å². The lowest BCUT2D eigenvalue weighted by Crippen LogP contribution is -2.40. The molecule has 38 heavy (non-hydrogen) atoms. The molecule has 10 heteroatoms. The van der Waals surface area contributed by atoms with E-state index in [0.29, 0.717) is 53.3 Å². The Morgan fingerprint density at radius 2 is 1.97 bits per heavy atom. The van der Waals surface area contributed by atoms with Crippen molar-refractivity contribution in [3.8, 4) is 17.3 Å². The van der Waals surface area contributed by atoms with Gasteiger partial charge in [-0.15, -0.1) is 0 Å². The second-order valence-corrected chi connectivity index (χ2v) is 9.07. The molecule has 1 atom stereocenters. The molecule has 1 aliphatic rings. The van der Waals surface area contributed by atoms with E-state index in [-0.39, 0.29) is 17.9 Å². The maximum atomic E-state index is 12.6. The van der Waals surface area contributed by atoms with Crippen LogP contribution in [0, 0.1) is 11.3 Å². The van der Waals surface area contributed by atoms with Crippen molar-refractivity contribution in [1.82, 2.24) is 30.0 Å². The summed E-state index contributed by atoms with van der Waals surface area (Å²) in [6, 6.07) is 16.3. The largest absolute Gasteiger partial charge is 0.383 e. The first-order valence-corrected chi connectivity index (χ1v) is 12.3. The van der Waals surface area contributed by atoms with Gasteiger partial charge in [-0.1, -0.05) is 43.0 Å². The number of hydrogen-bond donors (Lipinski definition) is 2. The lowest BCUT2D eigenvalue weighted by Gasteiger charge is -2.32. The average molecular weight is 507 g/mol. The highest BCUT2D eigenvalue weighted by atomic mass is 16.2. The van der Waals surface area contributed by atoms with E-state index in [2.05, 4.69) is 21.9 Å². The van der Waals surface area contributed by atoms with Crippen molar-refractivity contribution in [2.45, 2.75) is 25.4 Å². The van der Waals surface area contributed by atoms with Gasteiger partial charge in [0, 0.05) is 25.2 Å². The Labute approximate surface area is 219 Å². The maximum absolute atomic E-state index is 12.6. The van der Waals surface area contributed by atoms with E-state index in [1.165, 1.54) is 12.4 Å². The number of aromatic nitrogens is 4. The smallest absolute Gasteiger partial charge is 0.252 e. The molecule has 0 radical (unpaired) electrons. The van der Waals surface area contributed by atoms with Crippen LogP contribution in [0.3, 0.4) is 0 Å². The molecule has 3 N–H and O–H groups in total. The third-order valence-electron chi connectivity index (χ3n) is 6.72. The van der Waals surface area contributed by atoms with E-state index in [4.69, 9.17) is 10.8 Å². The van der Waals surface area contributed by atoms with E-state index in [1.54, 1.807) is 29.2 Å². The molecule has 1 saturated heterocycles. The summed E-state index contributed by atoms with van der Waals surface area (Å²) in [4.78, 5) is 35.2. The molecule has 2 aromatic carbocycles. The molecule has 10 nitrogen and oxygen atoms in total. The molecule has 1 aliphatic heterocycles. The van der Waals surface area contributed by atoms with Gasteiger partial charge in [-0.05, 0) is 36.6 Å². The fourth-order valence-corrected chi connectivity index (χ4v) is 4.77. The fraction of sp³-hybridized carbons (Fsp3) is 0.214. The van der Waals surface area contributed by atoms with Crippen LogP contribution in [0.2, 0.25) is 0 Å². The number of rotatable bonds is 6. The van der Waals surface area contributed by atoms with E-state index in [0.717, 1.165) is 24.0 Å². The molecule has 0 aliphatic carbocycles. The van der Waals surface area contributed by atoms with Crippen LogP contribution in [-0.2, 0) is 11.3 Å². The number of nitrogens with two attached hydrogens (primary N) is 1. The summed E-state index contributed by atoms with van der Waals surface area (Å²) in [6.07, 6.45) is 4.46. The molecule has 4 aromatic rings. The van der Waals surface area contributed by atoms with E-state index >= 15 is 0 Å². The standard InChI is InChI=1S/C28H26N8O2/c1-2-23(37)35-13-5-7-21(16-35)36-27-24(26(30)32-17-33-27)25(34-36)19-11-9-18(10-12-19)15-31-28(38)22-8-4-3-6-20(22)14-29/h2-4,6,8-12,17,21H,1,5,7,13,15-16H2,(H,31,38)(H2,30,32,33). The molecule has 2 amide bonds. The highest BCUT2D eigenvalue weighted by molar-refractivity contribution is 5.98. The Hall–Kier alpha value is -5.04. The first-order valence-electron chi connectivity index (χ1n) is 12.3. The molecule has 2 aromatic heterocycles. The van der Waals surface area contributed by atoms with Crippen LogP contribution in [0.4, 0.5) is 5.82 Å². The molecule has 3 heterocycles. The highest BCUT2D eigenvalue weighted by Crippen LogP contribution is 2.33. The number of benzene rings is 2. The Balaban J connectivity index is 1.39. The predicted molar refractivity (Wildman–Crippen MR) is 143 cm³/mol. The normalized spacial score (nSPS) is 15.1. The average Bonchev–Trinajstić information content (AvgIpc) is 3.37. The van der Waals surface area contributed by atoms with Crippen LogP contribution < -0.4 is 11.1 Å². The second kappa shape index (κ2) is 10.5. The summed E-state index contributed by atoms with van der Waals surface area (Å²) >= 11 is 0. The molecule has 190 valence electrons. The highest BCUT2D eigenvalue weighted by Gasteiger charge is 2.28. The SMILES string of the molecule is C=CC(=O)N1CCCC(n2nc(-c3ccc(CNC(=O)c4ccccc4C#N)cc3)c3c(N)ncnc32)C1.